The summed E-state index contributed by atoms with van der Waals surface area (Å²) in [6, 6.07) is 16.4. The van der Waals surface area contributed by atoms with Gasteiger partial charge in [-0.15, -0.1) is 0 Å². The van der Waals surface area contributed by atoms with Crippen molar-refractivity contribution in [3.63, 3.8) is 0 Å². The highest BCUT2D eigenvalue weighted by molar-refractivity contribution is 5.78. The van der Waals surface area contributed by atoms with Gasteiger partial charge in [-0.1, -0.05) is 48.5 Å². The number of ether oxygens (including phenoxy) is 1. The molecule has 1 amide bonds. The zero-order valence-electron chi connectivity index (χ0n) is 16.4. The van der Waals surface area contributed by atoms with Gasteiger partial charge in [0.2, 0.25) is 5.91 Å². The van der Waals surface area contributed by atoms with E-state index < -0.39 is 0 Å². The Kier molecular flexibility index (Phi) is 5.91. The van der Waals surface area contributed by atoms with Crippen molar-refractivity contribution in [3.8, 4) is 11.3 Å². The molecule has 4 N–H and O–H groups in total. The van der Waals surface area contributed by atoms with Crippen molar-refractivity contribution in [3.05, 3.63) is 71.4 Å². The minimum atomic E-state index is 0.0224. The zero-order valence-corrected chi connectivity index (χ0v) is 16.4. The molecule has 0 bridgehead atoms. The molecule has 4 rings (SSSR count). The van der Waals surface area contributed by atoms with Crippen LogP contribution in [0.2, 0.25) is 0 Å². The van der Waals surface area contributed by atoms with Crippen LogP contribution >= 0.6 is 0 Å². The number of anilines is 1. The number of carbonyl (C=O) groups is 1. The van der Waals surface area contributed by atoms with Crippen LogP contribution in [0.1, 0.15) is 35.4 Å². The maximum atomic E-state index is 12.3. The Labute approximate surface area is 170 Å². The van der Waals surface area contributed by atoms with E-state index in [1.807, 2.05) is 24.3 Å². The van der Waals surface area contributed by atoms with Gasteiger partial charge in [0.05, 0.1) is 18.3 Å². The second-order valence-corrected chi connectivity index (χ2v) is 7.46. The highest BCUT2D eigenvalue weighted by Gasteiger charge is 2.15. The normalized spacial score (nSPS) is 14.6. The van der Waals surface area contributed by atoms with Crippen molar-refractivity contribution in [2.45, 2.75) is 31.7 Å². The van der Waals surface area contributed by atoms with Crippen molar-refractivity contribution in [2.24, 2.45) is 0 Å². The molecule has 1 saturated heterocycles. The van der Waals surface area contributed by atoms with E-state index in [9.17, 15) is 4.79 Å². The molecule has 1 aliphatic rings. The van der Waals surface area contributed by atoms with Crippen molar-refractivity contribution in [2.75, 3.05) is 18.9 Å². The van der Waals surface area contributed by atoms with Crippen LogP contribution in [-0.2, 0) is 22.5 Å². The van der Waals surface area contributed by atoms with Gasteiger partial charge < -0.3 is 20.8 Å². The van der Waals surface area contributed by atoms with Crippen LogP contribution in [0, 0.1) is 0 Å². The number of nitrogens with one attached hydrogen (secondary N) is 2. The van der Waals surface area contributed by atoms with E-state index in [0.717, 1.165) is 48.4 Å². The number of hydrogen-bond acceptors (Lipinski definition) is 4. The molecule has 0 unspecified atom stereocenters. The quantitative estimate of drug-likeness (QED) is 0.601. The van der Waals surface area contributed by atoms with Crippen LogP contribution in [0.15, 0.2) is 54.7 Å². The Morgan fingerprint density at radius 2 is 1.76 bits per heavy atom. The molecule has 0 saturated carbocycles. The highest BCUT2D eigenvalue weighted by atomic mass is 16.5. The average Bonchev–Trinajstić information content (AvgIpc) is 3.20. The van der Waals surface area contributed by atoms with Crippen molar-refractivity contribution >= 4 is 11.9 Å². The third kappa shape index (κ3) is 5.03. The Morgan fingerprint density at radius 1 is 1.07 bits per heavy atom. The third-order valence-corrected chi connectivity index (χ3v) is 5.39. The number of carbonyl (C=O) groups excluding carboxylic acids is 1. The number of aromatic amines is 1. The maximum Gasteiger partial charge on any atom is 0.224 e. The summed E-state index contributed by atoms with van der Waals surface area (Å²) in [6.45, 7) is 2.18. The van der Waals surface area contributed by atoms with E-state index >= 15 is 0 Å². The van der Waals surface area contributed by atoms with Gasteiger partial charge in [-0.3, -0.25) is 4.79 Å². The van der Waals surface area contributed by atoms with Gasteiger partial charge in [0, 0.05) is 19.8 Å². The Morgan fingerprint density at radius 3 is 2.41 bits per heavy atom. The molecule has 29 heavy (non-hydrogen) atoms. The van der Waals surface area contributed by atoms with Gasteiger partial charge in [0.15, 0.2) is 5.95 Å². The lowest BCUT2D eigenvalue weighted by molar-refractivity contribution is -0.120. The summed E-state index contributed by atoms with van der Waals surface area (Å²) < 4.78 is 5.43. The third-order valence-electron chi connectivity index (χ3n) is 5.39. The van der Waals surface area contributed by atoms with E-state index in [0.29, 0.717) is 24.8 Å². The molecule has 0 aliphatic carbocycles. The number of benzene rings is 2. The second-order valence-electron chi connectivity index (χ2n) is 7.46. The molecule has 3 aromatic rings. The number of nitrogens with two attached hydrogens (primary N) is 1. The lowest BCUT2D eigenvalue weighted by Gasteiger charge is -2.22. The standard InChI is InChI=1S/C23H26N4O2/c24-23-26-15-21(27-23)20-7-3-17(4-8-20)14-25-22(28)13-16-1-5-18(6-2-16)19-9-11-29-12-10-19/h1-8,15,19H,9-14H2,(H,25,28)(H3,24,26,27). The smallest absolute Gasteiger partial charge is 0.224 e. The predicted molar refractivity (Wildman–Crippen MR) is 113 cm³/mol. The number of nitrogens with zero attached hydrogens (tertiary/aromatic N) is 1. The van der Waals surface area contributed by atoms with Crippen molar-refractivity contribution < 1.29 is 9.53 Å². The molecule has 0 atom stereocenters. The maximum absolute atomic E-state index is 12.3. The van der Waals surface area contributed by atoms with E-state index in [1.165, 1.54) is 5.56 Å². The fraction of sp³-hybridized carbons (Fsp3) is 0.304. The van der Waals surface area contributed by atoms with Crippen LogP contribution in [0.25, 0.3) is 11.3 Å². The van der Waals surface area contributed by atoms with Gasteiger partial charge in [0.25, 0.3) is 0 Å². The molecular weight excluding hydrogens is 364 g/mol. The summed E-state index contributed by atoms with van der Waals surface area (Å²) in [5.41, 5.74) is 10.9. The summed E-state index contributed by atoms with van der Waals surface area (Å²) in [5.74, 6) is 0.999. The number of aromatic nitrogens is 2. The predicted octanol–water partition coefficient (Wildman–Crippen LogP) is 3.41. The van der Waals surface area contributed by atoms with Gasteiger partial charge in [-0.2, -0.15) is 0 Å². The monoisotopic (exact) mass is 390 g/mol. The molecule has 1 aliphatic heterocycles. The van der Waals surface area contributed by atoms with Crippen molar-refractivity contribution in [1.29, 1.82) is 0 Å². The van der Waals surface area contributed by atoms with Crippen LogP contribution < -0.4 is 11.1 Å². The van der Waals surface area contributed by atoms with Crippen LogP contribution in [0.4, 0.5) is 5.95 Å². The number of imidazole rings is 1. The first-order valence-corrected chi connectivity index (χ1v) is 10.0. The topological polar surface area (TPSA) is 93.0 Å². The minimum absolute atomic E-state index is 0.0224. The van der Waals surface area contributed by atoms with E-state index in [2.05, 4.69) is 39.6 Å². The summed E-state index contributed by atoms with van der Waals surface area (Å²) in [7, 11) is 0. The summed E-state index contributed by atoms with van der Waals surface area (Å²) in [6.07, 6.45) is 4.25. The first-order chi connectivity index (χ1) is 14.2. The first-order valence-electron chi connectivity index (χ1n) is 10.0. The number of hydrogen-bond donors (Lipinski definition) is 3. The molecule has 6 nitrogen and oxygen atoms in total. The number of H-pyrrole nitrogens is 1. The van der Waals surface area contributed by atoms with Gasteiger partial charge in [-0.25, -0.2) is 4.98 Å². The van der Waals surface area contributed by atoms with Crippen LogP contribution in [0.5, 0.6) is 0 Å². The molecule has 6 heteroatoms. The molecule has 150 valence electrons. The molecule has 1 fully saturated rings. The lowest BCUT2D eigenvalue weighted by Crippen LogP contribution is -2.24. The second kappa shape index (κ2) is 8.92. The summed E-state index contributed by atoms with van der Waals surface area (Å²) in [5, 5.41) is 2.99. The summed E-state index contributed by atoms with van der Waals surface area (Å²) in [4.78, 5) is 19.3. The SMILES string of the molecule is Nc1ncc(-c2ccc(CNC(=O)Cc3ccc(C4CCOCC4)cc3)cc2)[nH]1. The highest BCUT2D eigenvalue weighted by Crippen LogP contribution is 2.27. The minimum Gasteiger partial charge on any atom is -0.381 e. The van der Waals surface area contributed by atoms with Crippen LogP contribution in [0.3, 0.4) is 0 Å². The van der Waals surface area contributed by atoms with Gasteiger partial charge in [0.1, 0.15) is 0 Å². The fourth-order valence-electron chi connectivity index (χ4n) is 3.67. The van der Waals surface area contributed by atoms with E-state index in [-0.39, 0.29) is 5.91 Å². The molecule has 2 aromatic carbocycles. The molecule has 2 heterocycles. The average molecular weight is 390 g/mol. The summed E-state index contributed by atoms with van der Waals surface area (Å²) >= 11 is 0. The first kappa shape index (κ1) is 19.2. The van der Waals surface area contributed by atoms with E-state index in [1.54, 1.807) is 6.20 Å². The number of rotatable bonds is 6. The zero-order chi connectivity index (χ0) is 20.1. The molecule has 0 spiro atoms. The Balaban J connectivity index is 1.27. The Hall–Kier alpha value is -3.12. The Bertz CT molecular complexity index is 942. The molecule has 0 radical (unpaired) electrons. The van der Waals surface area contributed by atoms with Crippen molar-refractivity contribution in [1.82, 2.24) is 15.3 Å². The van der Waals surface area contributed by atoms with Crippen LogP contribution in [-0.4, -0.2) is 29.1 Å². The molecular formula is C23H26N4O2. The fourth-order valence-corrected chi connectivity index (χ4v) is 3.67. The molecule has 1 aromatic heterocycles. The lowest BCUT2D eigenvalue weighted by atomic mass is 9.91. The van der Waals surface area contributed by atoms with E-state index in [4.69, 9.17) is 10.5 Å². The van der Waals surface area contributed by atoms with Gasteiger partial charge in [-0.05, 0) is 41.0 Å². The largest absolute Gasteiger partial charge is 0.381 e. The van der Waals surface area contributed by atoms with Gasteiger partial charge >= 0.3 is 0 Å². The number of amides is 1. The number of nitrogen functional groups attached to an aromatic ring is 1.